The highest BCUT2D eigenvalue weighted by Crippen LogP contribution is 2.32. The van der Waals surface area contributed by atoms with Crippen molar-refractivity contribution in [1.82, 2.24) is 9.97 Å². The average Bonchev–Trinajstić information content (AvgIpc) is 2.55. The quantitative estimate of drug-likeness (QED) is 0.914. The number of aromatic nitrogens is 2. The first-order valence-corrected chi connectivity index (χ1v) is 5.92. The summed E-state index contributed by atoms with van der Waals surface area (Å²) >= 11 is 1.25. The first-order valence-electron chi connectivity index (χ1n) is 5.10. The monoisotopic (exact) mass is 273 g/mol. The number of nitrogen functional groups attached to an aromatic ring is 1. The molecule has 0 aliphatic heterocycles. The van der Waals surface area contributed by atoms with Crippen LogP contribution in [0.25, 0.3) is 10.4 Å². The summed E-state index contributed by atoms with van der Waals surface area (Å²) in [5.74, 6) is 0. The molecule has 0 saturated carbocycles. The van der Waals surface area contributed by atoms with Gasteiger partial charge in [-0.2, -0.15) is 13.2 Å². The van der Waals surface area contributed by atoms with Gasteiger partial charge in [-0.25, -0.2) is 4.98 Å². The number of halogens is 3. The fourth-order valence-corrected chi connectivity index (χ4v) is 2.44. The highest BCUT2D eigenvalue weighted by molar-refractivity contribution is 7.18. The van der Waals surface area contributed by atoms with Gasteiger partial charge in [0.15, 0.2) is 5.13 Å². The number of thiazole rings is 1. The molecule has 0 amide bonds. The van der Waals surface area contributed by atoms with E-state index in [-0.39, 0.29) is 5.69 Å². The maximum atomic E-state index is 12.3. The maximum Gasteiger partial charge on any atom is 0.394 e. The molecular weight excluding hydrogens is 263 g/mol. The number of rotatable bonds is 2. The lowest BCUT2D eigenvalue weighted by atomic mass is 10.1. The molecule has 0 atom stereocenters. The van der Waals surface area contributed by atoms with Crippen LogP contribution in [0.5, 0.6) is 0 Å². The molecule has 0 aromatic carbocycles. The van der Waals surface area contributed by atoms with Gasteiger partial charge < -0.3 is 5.73 Å². The van der Waals surface area contributed by atoms with Crippen molar-refractivity contribution in [2.45, 2.75) is 19.5 Å². The van der Waals surface area contributed by atoms with Crippen molar-refractivity contribution >= 4 is 16.5 Å². The fraction of sp³-hybridized carbons (Fsp3) is 0.273. The van der Waals surface area contributed by atoms with Crippen molar-refractivity contribution in [3.05, 3.63) is 29.7 Å². The van der Waals surface area contributed by atoms with Crippen LogP contribution in [0.1, 0.15) is 11.4 Å². The van der Waals surface area contributed by atoms with Gasteiger partial charge in [0.2, 0.25) is 0 Å². The van der Waals surface area contributed by atoms with Crippen LogP contribution in [-0.4, -0.2) is 16.1 Å². The van der Waals surface area contributed by atoms with Crippen LogP contribution in [0.4, 0.5) is 18.3 Å². The van der Waals surface area contributed by atoms with Gasteiger partial charge in [-0.15, -0.1) is 0 Å². The second-order valence-electron chi connectivity index (χ2n) is 3.79. The Hall–Kier alpha value is -1.63. The second kappa shape index (κ2) is 4.56. The Morgan fingerprint density at radius 1 is 1.39 bits per heavy atom. The second-order valence-corrected chi connectivity index (χ2v) is 4.83. The molecule has 18 heavy (non-hydrogen) atoms. The van der Waals surface area contributed by atoms with E-state index in [1.165, 1.54) is 23.6 Å². The molecule has 3 nitrogen and oxygen atoms in total. The van der Waals surface area contributed by atoms with E-state index in [1.807, 2.05) is 0 Å². The van der Waals surface area contributed by atoms with E-state index in [4.69, 9.17) is 5.73 Å². The van der Waals surface area contributed by atoms with Gasteiger partial charge in [0, 0.05) is 11.9 Å². The molecule has 2 N–H and O–H groups in total. The van der Waals surface area contributed by atoms with Crippen LogP contribution >= 0.6 is 11.3 Å². The van der Waals surface area contributed by atoms with Crippen molar-refractivity contribution in [2.24, 2.45) is 0 Å². The third-order valence-corrected chi connectivity index (χ3v) is 3.31. The number of aryl methyl sites for hydroxylation is 1. The Bertz CT molecular complexity index is 563. The third kappa shape index (κ3) is 2.98. The molecule has 0 radical (unpaired) electrons. The summed E-state index contributed by atoms with van der Waals surface area (Å²) in [5, 5.41) is 0.400. The summed E-state index contributed by atoms with van der Waals surface area (Å²) in [6.07, 6.45) is -3.92. The molecule has 2 aromatic rings. The topological polar surface area (TPSA) is 51.8 Å². The minimum atomic E-state index is -4.26. The largest absolute Gasteiger partial charge is 0.394 e. The molecular formula is C11H10F3N3S. The van der Waals surface area contributed by atoms with Crippen LogP contribution in [0.15, 0.2) is 18.3 Å². The molecule has 96 valence electrons. The van der Waals surface area contributed by atoms with E-state index in [0.29, 0.717) is 16.4 Å². The van der Waals surface area contributed by atoms with Gasteiger partial charge in [-0.1, -0.05) is 11.3 Å². The molecule has 0 saturated heterocycles. The predicted octanol–water partition coefficient (Wildman–Crippen LogP) is 3.20. The zero-order valence-corrected chi connectivity index (χ0v) is 10.3. The molecule has 0 spiro atoms. The zero-order valence-electron chi connectivity index (χ0n) is 9.45. The van der Waals surface area contributed by atoms with Gasteiger partial charge in [0.25, 0.3) is 0 Å². The van der Waals surface area contributed by atoms with Crippen LogP contribution in [-0.2, 0) is 6.42 Å². The molecule has 0 bridgehead atoms. The van der Waals surface area contributed by atoms with Crippen molar-refractivity contribution < 1.29 is 13.2 Å². The van der Waals surface area contributed by atoms with Crippen molar-refractivity contribution in [2.75, 3.05) is 5.73 Å². The minimum absolute atomic E-state index is 0.00799. The zero-order chi connectivity index (χ0) is 13.3. The van der Waals surface area contributed by atoms with E-state index in [2.05, 4.69) is 9.97 Å². The average molecular weight is 273 g/mol. The van der Waals surface area contributed by atoms with Gasteiger partial charge in [-0.3, -0.25) is 4.98 Å². The number of nitrogens with zero attached hydrogens (tertiary/aromatic N) is 2. The van der Waals surface area contributed by atoms with Crippen molar-refractivity contribution in [3.63, 3.8) is 0 Å². The lowest BCUT2D eigenvalue weighted by molar-refractivity contribution is -0.127. The van der Waals surface area contributed by atoms with Crippen LogP contribution in [0, 0.1) is 6.92 Å². The number of hydrogen-bond donors (Lipinski definition) is 1. The molecule has 0 unspecified atom stereocenters. The summed E-state index contributed by atoms with van der Waals surface area (Å²) in [4.78, 5) is 8.54. The first-order chi connectivity index (χ1) is 8.35. The summed E-state index contributed by atoms with van der Waals surface area (Å²) in [6.45, 7) is 1.77. The summed E-state index contributed by atoms with van der Waals surface area (Å²) in [7, 11) is 0. The van der Waals surface area contributed by atoms with Gasteiger partial charge >= 0.3 is 6.18 Å². The molecule has 7 heteroatoms. The highest BCUT2D eigenvalue weighted by Gasteiger charge is 2.28. The standard InChI is InChI=1S/C11H10F3N3S/c1-6-9(18-10(15)17-6)7-2-3-16-8(4-7)5-11(12,13)14/h2-4H,5H2,1H3,(H2,15,17). The summed E-state index contributed by atoms with van der Waals surface area (Å²) < 4.78 is 36.9. The summed E-state index contributed by atoms with van der Waals surface area (Å²) in [5.41, 5.74) is 6.93. The number of pyridine rings is 1. The Morgan fingerprint density at radius 3 is 2.67 bits per heavy atom. The highest BCUT2D eigenvalue weighted by atomic mass is 32.1. The van der Waals surface area contributed by atoms with Crippen molar-refractivity contribution in [1.29, 1.82) is 0 Å². The predicted molar refractivity (Wildman–Crippen MR) is 64.3 cm³/mol. The minimum Gasteiger partial charge on any atom is -0.375 e. The lowest BCUT2D eigenvalue weighted by Gasteiger charge is -2.06. The van der Waals surface area contributed by atoms with Crippen molar-refractivity contribution in [3.8, 4) is 10.4 Å². The molecule has 2 heterocycles. The van der Waals surface area contributed by atoms with E-state index < -0.39 is 12.6 Å². The molecule has 0 aliphatic rings. The Balaban J connectivity index is 2.36. The van der Waals surface area contributed by atoms with Crippen LogP contribution in [0.2, 0.25) is 0 Å². The van der Waals surface area contributed by atoms with E-state index in [9.17, 15) is 13.2 Å². The Morgan fingerprint density at radius 2 is 2.11 bits per heavy atom. The smallest absolute Gasteiger partial charge is 0.375 e. The van der Waals surface area contributed by atoms with Gasteiger partial charge in [0.05, 0.1) is 17.0 Å². The van der Waals surface area contributed by atoms with E-state index in [1.54, 1.807) is 13.0 Å². The van der Waals surface area contributed by atoms with E-state index in [0.717, 1.165) is 4.88 Å². The number of hydrogen-bond acceptors (Lipinski definition) is 4. The third-order valence-electron chi connectivity index (χ3n) is 2.27. The normalized spacial score (nSPS) is 11.8. The maximum absolute atomic E-state index is 12.3. The Labute approximate surface area is 105 Å². The van der Waals surface area contributed by atoms with Crippen LogP contribution < -0.4 is 5.73 Å². The fourth-order valence-electron chi connectivity index (χ4n) is 1.61. The summed E-state index contributed by atoms with van der Waals surface area (Å²) in [6, 6.07) is 3.08. The molecule has 0 fully saturated rings. The van der Waals surface area contributed by atoms with Gasteiger partial charge in [-0.05, 0) is 24.6 Å². The molecule has 2 rings (SSSR count). The number of anilines is 1. The first kappa shape index (κ1) is 12.8. The van der Waals surface area contributed by atoms with Gasteiger partial charge in [0.1, 0.15) is 0 Å². The lowest BCUT2D eigenvalue weighted by Crippen LogP contribution is -2.12. The number of alkyl halides is 3. The van der Waals surface area contributed by atoms with E-state index >= 15 is 0 Å². The Kier molecular flexibility index (Phi) is 3.25. The van der Waals surface area contributed by atoms with Crippen LogP contribution in [0.3, 0.4) is 0 Å². The molecule has 2 aromatic heterocycles. The SMILES string of the molecule is Cc1nc(N)sc1-c1ccnc(CC(F)(F)F)c1. The number of nitrogens with two attached hydrogens (primary N) is 1. The molecule has 0 aliphatic carbocycles.